The Labute approximate surface area is 91.9 Å². The first-order valence-corrected chi connectivity index (χ1v) is 4.49. The molecule has 0 radical (unpaired) electrons. The molecule has 0 heterocycles. The van der Waals surface area contributed by atoms with Gasteiger partial charge in [-0.2, -0.15) is 0 Å². The smallest absolute Gasteiger partial charge is 0.356 e. The van der Waals surface area contributed by atoms with Gasteiger partial charge in [0.2, 0.25) is 0 Å². The van der Waals surface area contributed by atoms with E-state index in [-0.39, 0.29) is 12.6 Å². The van der Waals surface area contributed by atoms with Gasteiger partial charge in [0.1, 0.15) is 18.5 Å². The van der Waals surface area contributed by atoms with Gasteiger partial charge in [0.05, 0.1) is 5.56 Å². The second-order valence-corrected chi connectivity index (χ2v) is 3.00. The third-order valence-corrected chi connectivity index (χ3v) is 1.84. The number of hydrogen-bond donors (Lipinski definition) is 0. The lowest BCUT2D eigenvalue weighted by Crippen LogP contribution is -2.01. The molecule has 0 atom stereocenters. The average molecular weight is 229 g/mol. The van der Waals surface area contributed by atoms with Crippen molar-refractivity contribution in [3.05, 3.63) is 35.4 Å². The van der Waals surface area contributed by atoms with Gasteiger partial charge in [-0.25, -0.2) is 4.79 Å². The van der Waals surface area contributed by atoms with Crippen LogP contribution < -0.4 is 0 Å². The van der Waals surface area contributed by atoms with Crippen molar-refractivity contribution >= 4 is 23.8 Å². The number of carbonyl (C=O) groups is 2. The van der Waals surface area contributed by atoms with Gasteiger partial charge in [-0.15, -0.1) is 0 Å². The standard InChI is InChI=1S/C10H9ClO4/c1-7(12)14-6-8-2-4-9(5-3-8)10(13)15-11/h2-5H,6H2,1H3. The first-order valence-electron chi connectivity index (χ1n) is 4.18. The third-order valence-electron chi connectivity index (χ3n) is 1.70. The molecule has 0 aliphatic heterocycles. The summed E-state index contributed by atoms with van der Waals surface area (Å²) < 4.78 is 8.80. The van der Waals surface area contributed by atoms with Crippen LogP contribution >= 0.6 is 11.9 Å². The molecule has 1 aromatic rings. The molecule has 0 fully saturated rings. The molecule has 5 heteroatoms. The van der Waals surface area contributed by atoms with Crippen LogP contribution in [0.1, 0.15) is 22.8 Å². The molecule has 15 heavy (non-hydrogen) atoms. The summed E-state index contributed by atoms with van der Waals surface area (Å²) in [6.07, 6.45) is 0. The molecule has 0 saturated carbocycles. The van der Waals surface area contributed by atoms with E-state index in [9.17, 15) is 9.59 Å². The maximum atomic E-state index is 11.0. The number of hydrogen-bond acceptors (Lipinski definition) is 4. The molecule has 0 aliphatic rings. The Bertz CT molecular complexity index is 358. The molecule has 0 aromatic heterocycles. The van der Waals surface area contributed by atoms with Gasteiger partial charge in [-0.1, -0.05) is 12.1 Å². The number of benzene rings is 1. The molecule has 0 saturated heterocycles. The molecular weight excluding hydrogens is 220 g/mol. The van der Waals surface area contributed by atoms with Gasteiger partial charge in [-0.3, -0.25) is 4.79 Å². The maximum absolute atomic E-state index is 11.0. The zero-order valence-corrected chi connectivity index (χ0v) is 8.78. The largest absolute Gasteiger partial charge is 0.461 e. The lowest BCUT2D eigenvalue weighted by Gasteiger charge is -2.02. The van der Waals surface area contributed by atoms with Gasteiger partial charge < -0.3 is 9.03 Å². The quantitative estimate of drug-likeness (QED) is 0.743. The van der Waals surface area contributed by atoms with E-state index in [1.54, 1.807) is 24.3 Å². The van der Waals surface area contributed by atoms with Crippen molar-refractivity contribution in [2.75, 3.05) is 0 Å². The number of esters is 1. The zero-order valence-electron chi connectivity index (χ0n) is 8.03. The fourth-order valence-corrected chi connectivity index (χ4v) is 1.06. The number of carbonyl (C=O) groups excluding carboxylic acids is 2. The zero-order chi connectivity index (χ0) is 11.3. The van der Waals surface area contributed by atoms with E-state index in [4.69, 9.17) is 16.6 Å². The molecule has 0 amide bonds. The minimum Gasteiger partial charge on any atom is -0.461 e. The summed E-state index contributed by atoms with van der Waals surface area (Å²) in [4.78, 5) is 21.5. The maximum Gasteiger partial charge on any atom is 0.356 e. The Balaban J connectivity index is 2.64. The Morgan fingerprint density at radius 1 is 1.27 bits per heavy atom. The highest BCUT2D eigenvalue weighted by molar-refractivity contribution is 6.15. The van der Waals surface area contributed by atoms with Gasteiger partial charge in [0.25, 0.3) is 0 Å². The van der Waals surface area contributed by atoms with Crippen molar-refractivity contribution in [1.29, 1.82) is 0 Å². The fourth-order valence-electron chi connectivity index (χ4n) is 0.967. The molecule has 0 spiro atoms. The van der Waals surface area contributed by atoms with Crippen molar-refractivity contribution in [3.8, 4) is 0 Å². The monoisotopic (exact) mass is 228 g/mol. The number of rotatable bonds is 3. The summed E-state index contributed by atoms with van der Waals surface area (Å²) >= 11 is 4.91. The predicted octanol–water partition coefficient (Wildman–Crippen LogP) is 2.06. The fraction of sp³-hybridized carbons (Fsp3) is 0.200. The third kappa shape index (κ3) is 3.59. The number of ether oxygens (including phenoxy) is 1. The topological polar surface area (TPSA) is 52.6 Å². The van der Waals surface area contributed by atoms with Crippen LogP contribution in [0.15, 0.2) is 24.3 Å². The molecule has 4 nitrogen and oxygen atoms in total. The van der Waals surface area contributed by atoms with Crippen molar-refractivity contribution < 1.29 is 18.6 Å². The summed E-state index contributed by atoms with van der Waals surface area (Å²) in [5.41, 5.74) is 1.13. The van der Waals surface area contributed by atoms with E-state index in [2.05, 4.69) is 4.29 Å². The van der Waals surface area contributed by atoms with E-state index in [1.807, 2.05) is 0 Å². The Morgan fingerprint density at radius 2 is 1.87 bits per heavy atom. The summed E-state index contributed by atoms with van der Waals surface area (Å²) in [6.45, 7) is 1.52. The highest BCUT2D eigenvalue weighted by atomic mass is 35.5. The molecule has 80 valence electrons. The average Bonchev–Trinajstić information content (AvgIpc) is 2.26. The van der Waals surface area contributed by atoms with Crippen molar-refractivity contribution in [2.24, 2.45) is 0 Å². The van der Waals surface area contributed by atoms with E-state index >= 15 is 0 Å². The summed E-state index contributed by atoms with van der Waals surface area (Å²) in [7, 11) is 0. The second kappa shape index (κ2) is 5.36. The van der Waals surface area contributed by atoms with Gasteiger partial charge in [0, 0.05) is 6.92 Å². The first kappa shape index (κ1) is 11.5. The minimum atomic E-state index is -0.615. The highest BCUT2D eigenvalue weighted by Gasteiger charge is 2.05. The van der Waals surface area contributed by atoms with Crippen LogP contribution in [-0.4, -0.2) is 11.9 Å². The molecular formula is C10H9ClO4. The summed E-state index contributed by atoms with van der Waals surface area (Å²) in [6, 6.07) is 6.41. The van der Waals surface area contributed by atoms with Gasteiger partial charge in [0.15, 0.2) is 0 Å². The lowest BCUT2D eigenvalue weighted by molar-refractivity contribution is -0.142. The van der Waals surface area contributed by atoms with E-state index in [0.717, 1.165) is 5.56 Å². The summed E-state index contributed by atoms with van der Waals surface area (Å²) in [5.74, 6) is -0.963. The first-order chi connectivity index (χ1) is 7.13. The van der Waals surface area contributed by atoms with Gasteiger partial charge in [-0.05, 0) is 17.7 Å². The molecule has 1 aromatic carbocycles. The predicted molar refractivity (Wildman–Crippen MR) is 53.2 cm³/mol. The van der Waals surface area contributed by atoms with Crippen LogP contribution in [0.5, 0.6) is 0 Å². The van der Waals surface area contributed by atoms with E-state index in [0.29, 0.717) is 5.56 Å². The molecule has 1 rings (SSSR count). The Hall–Kier alpha value is -1.55. The molecule has 0 unspecified atom stereocenters. The lowest BCUT2D eigenvalue weighted by atomic mass is 10.1. The van der Waals surface area contributed by atoms with E-state index < -0.39 is 5.97 Å². The van der Waals surface area contributed by atoms with Crippen LogP contribution in [0.4, 0.5) is 0 Å². The Morgan fingerprint density at radius 3 is 2.33 bits per heavy atom. The molecule has 0 N–H and O–H groups in total. The van der Waals surface area contributed by atoms with Crippen molar-refractivity contribution in [2.45, 2.75) is 13.5 Å². The number of halogens is 1. The Kier molecular flexibility index (Phi) is 4.12. The van der Waals surface area contributed by atoms with Crippen molar-refractivity contribution in [1.82, 2.24) is 0 Å². The van der Waals surface area contributed by atoms with E-state index in [1.165, 1.54) is 6.92 Å². The normalized spacial score (nSPS) is 9.47. The highest BCUT2D eigenvalue weighted by Crippen LogP contribution is 2.07. The second-order valence-electron chi connectivity index (χ2n) is 2.84. The van der Waals surface area contributed by atoms with Crippen molar-refractivity contribution in [3.63, 3.8) is 0 Å². The SMILES string of the molecule is CC(=O)OCc1ccc(C(=O)OCl)cc1. The minimum absolute atomic E-state index is 0.186. The van der Waals surface area contributed by atoms with Crippen LogP contribution in [0.25, 0.3) is 0 Å². The molecule has 0 aliphatic carbocycles. The van der Waals surface area contributed by atoms with Crippen LogP contribution in [0.3, 0.4) is 0 Å². The van der Waals surface area contributed by atoms with Crippen LogP contribution in [-0.2, 0) is 20.4 Å². The van der Waals surface area contributed by atoms with Gasteiger partial charge >= 0.3 is 11.9 Å². The van der Waals surface area contributed by atoms with Crippen LogP contribution in [0.2, 0.25) is 0 Å². The molecule has 0 bridgehead atoms. The van der Waals surface area contributed by atoms with Crippen LogP contribution in [0, 0.1) is 0 Å². The summed E-state index contributed by atoms with van der Waals surface area (Å²) in [5, 5.41) is 0.